The average molecular weight is 355 g/mol. The van der Waals surface area contributed by atoms with Crippen LogP contribution in [0.4, 0.5) is 5.95 Å². The molecule has 0 saturated heterocycles. The molecule has 0 unspecified atom stereocenters. The summed E-state index contributed by atoms with van der Waals surface area (Å²) in [4.78, 5) is 7.29. The number of rotatable bonds is 0. The van der Waals surface area contributed by atoms with Crippen LogP contribution >= 0.6 is 0 Å². The molecular formula is C24H25N3. The van der Waals surface area contributed by atoms with Crippen molar-refractivity contribution in [1.29, 1.82) is 0 Å². The number of hydrogen-bond donors (Lipinski definition) is 1. The van der Waals surface area contributed by atoms with Gasteiger partial charge in [0.25, 0.3) is 0 Å². The number of benzene rings is 2. The van der Waals surface area contributed by atoms with E-state index in [0.717, 1.165) is 6.42 Å². The zero-order valence-electron chi connectivity index (χ0n) is 15.9. The first kappa shape index (κ1) is 17.5. The van der Waals surface area contributed by atoms with Gasteiger partial charge in [0.2, 0.25) is 5.95 Å². The largest absolute Gasteiger partial charge is 0.368 e. The van der Waals surface area contributed by atoms with E-state index >= 15 is 0 Å². The highest BCUT2D eigenvalue weighted by molar-refractivity contribution is 5.76. The summed E-state index contributed by atoms with van der Waals surface area (Å²) in [6, 6.07) is 15.3. The second-order valence-corrected chi connectivity index (χ2v) is 7.72. The predicted molar refractivity (Wildman–Crippen MR) is 112 cm³/mol. The Morgan fingerprint density at radius 1 is 0.852 bits per heavy atom. The first-order valence-corrected chi connectivity index (χ1v) is 9.50. The molecule has 0 atom stereocenters. The Hall–Kier alpha value is -2.94. The third kappa shape index (κ3) is 3.37. The maximum Gasteiger partial charge on any atom is 0.219 e. The van der Waals surface area contributed by atoms with Crippen molar-refractivity contribution in [2.24, 2.45) is 0 Å². The van der Waals surface area contributed by atoms with Gasteiger partial charge >= 0.3 is 0 Å². The van der Waals surface area contributed by atoms with Gasteiger partial charge in [-0.25, -0.2) is 9.97 Å². The number of nitrogens with zero attached hydrogens (tertiary/aromatic N) is 2. The number of hydrogen-bond acceptors (Lipinski definition) is 3. The van der Waals surface area contributed by atoms with E-state index in [9.17, 15) is 0 Å². The molecule has 27 heavy (non-hydrogen) atoms. The topological polar surface area (TPSA) is 51.8 Å². The van der Waals surface area contributed by atoms with E-state index in [-0.39, 0.29) is 5.41 Å². The number of nitrogens with two attached hydrogens (primary N) is 1. The van der Waals surface area contributed by atoms with E-state index in [0.29, 0.717) is 5.95 Å². The zero-order valence-corrected chi connectivity index (χ0v) is 15.9. The highest BCUT2D eigenvalue weighted by atomic mass is 15.0. The van der Waals surface area contributed by atoms with Gasteiger partial charge < -0.3 is 5.73 Å². The fourth-order valence-electron chi connectivity index (χ4n) is 4.32. The van der Waals surface area contributed by atoms with Crippen molar-refractivity contribution in [3.05, 3.63) is 89.3 Å². The molecule has 3 nitrogen and oxygen atoms in total. The number of aromatic nitrogens is 2. The van der Waals surface area contributed by atoms with Crippen LogP contribution < -0.4 is 5.73 Å². The van der Waals surface area contributed by atoms with E-state index in [1.807, 2.05) is 0 Å². The van der Waals surface area contributed by atoms with Crippen LogP contribution in [0.3, 0.4) is 0 Å². The normalized spacial score (nSPS) is 15.6. The highest BCUT2D eigenvalue weighted by Gasteiger charge is 2.29. The summed E-state index contributed by atoms with van der Waals surface area (Å²) < 4.78 is 0. The minimum absolute atomic E-state index is 0.172. The van der Waals surface area contributed by atoms with Crippen LogP contribution in [0.5, 0.6) is 0 Å². The van der Waals surface area contributed by atoms with Gasteiger partial charge in [-0.15, -0.1) is 0 Å². The van der Waals surface area contributed by atoms with Crippen molar-refractivity contribution in [2.45, 2.75) is 38.5 Å². The van der Waals surface area contributed by atoms with E-state index < -0.39 is 0 Å². The molecule has 2 N–H and O–H groups in total. The summed E-state index contributed by atoms with van der Waals surface area (Å²) >= 11 is 0. The SMILES string of the molecule is CC1(C)C=CCc2ccc3c(c21)CCc1ccccc1-3.Nc1ncccn1. The average Bonchev–Trinajstić information content (AvgIpc) is 2.68. The van der Waals surface area contributed by atoms with E-state index in [1.54, 1.807) is 29.6 Å². The van der Waals surface area contributed by atoms with Crippen LogP contribution in [0.25, 0.3) is 11.1 Å². The summed E-state index contributed by atoms with van der Waals surface area (Å²) in [7, 11) is 0. The minimum atomic E-state index is 0.172. The van der Waals surface area contributed by atoms with Crippen LogP contribution in [0.2, 0.25) is 0 Å². The Bertz CT molecular complexity index is 988. The van der Waals surface area contributed by atoms with Gasteiger partial charge in [-0.2, -0.15) is 0 Å². The third-order valence-corrected chi connectivity index (χ3v) is 5.45. The van der Waals surface area contributed by atoms with Crippen LogP contribution in [-0.4, -0.2) is 9.97 Å². The standard InChI is InChI=1S/C20H20.C4H5N3/c1-20(2)13-5-7-15-10-11-17-16-8-4-3-6-14(16)9-12-18(17)19(15)20;5-4-6-2-1-3-7-4/h3-6,8,10-11,13H,7,9,12H2,1-2H3;1-3H,(H2,5,6,7). The van der Waals surface area contributed by atoms with E-state index in [4.69, 9.17) is 5.73 Å². The molecular weight excluding hydrogens is 330 g/mol. The molecule has 0 saturated carbocycles. The smallest absolute Gasteiger partial charge is 0.219 e. The summed E-state index contributed by atoms with van der Waals surface area (Å²) in [5, 5.41) is 0. The molecule has 0 bridgehead atoms. The van der Waals surface area contributed by atoms with Crippen LogP contribution in [0.1, 0.15) is 36.1 Å². The molecule has 5 rings (SSSR count). The Kier molecular flexibility index (Phi) is 4.53. The van der Waals surface area contributed by atoms with Crippen LogP contribution in [-0.2, 0) is 24.7 Å². The summed E-state index contributed by atoms with van der Waals surface area (Å²) in [6.07, 6.45) is 11.4. The number of fused-ring (bicyclic) bond motifs is 5. The van der Waals surface area contributed by atoms with Crippen molar-refractivity contribution < 1.29 is 0 Å². The Balaban J connectivity index is 0.000000218. The quantitative estimate of drug-likeness (QED) is 0.584. The molecule has 2 aromatic carbocycles. The Morgan fingerprint density at radius 3 is 2.37 bits per heavy atom. The maximum atomic E-state index is 5.14. The molecule has 0 amide bonds. The van der Waals surface area contributed by atoms with Gasteiger partial charge in [0.05, 0.1) is 0 Å². The maximum absolute atomic E-state index is 5.14. The fraction of sp³-hybridized carbons (Fsp3) is 0.250. The monoisotopic (exact) mass is 355 g/mol. The second-order valence-electron chi connectivity index (χ2n) is 7.72. The second kappa shape index (κ2) is 6.99. The van der Waals surface area contributed by atoms with E-state index in [2.05, 4.69) is 72.4 Å². The lowest BCUT2D eigenvalue weighted by atomic mass is 9.70. The van der Waals surface area contributed by atoms with Crippen LogP contribution in [0.15, 0.2) is 67.0 Å². The molecule has 3 heteroatoms. The molecule has 2 aliphatic carbocycles. The Labute approximate surface area is 161 Å². The van der Waals surface area contributed by atoms with Crippen molar-refractivity contribution in [2.75, 3.05) is 5.73 Å². The number of allylic oxidation sites excluding steroid dienone is 2. The van der Waals surface area contributed by atoms with Gasteiger partial charge in [-0.3, -0.25) is 0 Å². The number of aryl methyl sites for hydroxylation is 1. The zero-order chi connectivity index (χ0) is 18.9. The molecule has 0 fully saturated rings. The van der Waals surface area contributed by atoms with Gasteiger partial charge in [-0.05, 0) is 58.7 Å². The van der Waals surface area contributed by atoms with Crippen molar-refractivity contribution in [3.8, 4) is 11.1 Å². The highest BCUT2D eigenvalue weighted by Crippen LogP contribution is 2.42. The lowest BCUT2D eigenvalue weighted by Crippen LogP contribution is -2.23. The molecule has 0 radical (unpaired) electrons. The van der Waals surface area contributed by atoms with Gasteiger partial charge in [0.1, 0.15) is 0 Å². The predicted octanol–water partition coefficient (Wildman–Crippen LogP) is 4.90. The van der Waals surface area contributed by atoms with Gasteiger partial charge in [0, 0.05) is 17.8 Å². The summed E-state index contributed by atoms with van der Waals surface area (Å²) in [6.45, 7) is 4.70. The summed E-state index contributed by atoms with van der Waals surface area (Å²) in [5.74, 6) is 0.322. The Morgan fingerprint density at radius 2 is 1.63 bits per heavy atom. The fourth-order valence-corrected chi connectivity index (χ4v) is 4.32. The van der Waals surface area contributed by atoms with Gasteiger partial charge in [0.15, 0.2) is 0 Å². The number of anilines is 1. The molecule has 1 heterocycles. The number of nitrogen functional groups attached to an aromatic ring is 1. The van der Waals surface area contributed by atoms with E-state index in [1.165, 1.54) is 35.1 Å². The van der Waals surface area contributed by atoms with Crippen LogP contribution in [0, 0.1) is 0 Å². The third-order valence-electron chi connectivity index (χ3n) is 5.45. The molecule has 0 spiro atoms. The van der Waals surface area contributed by atoms with Crippen molar-refractivity contribution in [1.82, 2.24) is 9.97 Å². The molecule has 136 valence electrons. The molecule has 0 aliphatic heterocycles. The molecule has 2 aliphatic rings. The first-order valence-electron chi connectivity index (χ1n) is 9.50. The summed E-state index contributed by atoms with van der Waals surface area (Å²) in [5.41, 5.74) is 14.4. The van der Waals surface area contributed by atoms with Crippen molar-refractivity contribution in [3.63, 3.8) is 0 Å². The lowest BCUT2D eigenvalue weighted by molar-refractivity contribution is 0.635. The molecule has 1 aromatic heterocycles. The van der Waals surface area contributed by atoms with Crippen molar-refractivity contribution >= 4 is 5.95 Å². The lowest BCUT2D eigenvalue weighted by Gasteiger charge is -2.34. The minimum Gasteiger partial charge on any atom is -0.368 e. The van der Waals surface area contributed by atoms with Gasteiger partial charge in [-0.1, -0.05) is 62.4 Å². The molecule has 3 aromatic rings. The first-order chi connectivity index (χ1) is 13.1.